The van der Waals surface area contributed by atoms with Crippen molar-refractivity contribution in [1.82, 2.24) is 0 Å². The summed E-state index contributed by atoms with van der Waals surface area (Å²) in [5.74, 6) is 0.857. The van der Waals surface area contributed by atoms with Crippen molar-refractivity contribution < 1.29 is 9.53 Å². The van der Waals surface area contributed by atoms with E-state index in [0.29, 0.717) is 17.9 Å². The topological polar surface area (TPSA) is 52.3 Å². The molecule has 98 valence electrons. The predicted octanol–water partition coefficient (Wildman–Crippen LogP) is 2.62. The van der Waals surface area contributed by atoms with Crippen LogP contribution in [0.2, 0.25) is 0 Å². The fourth-order valence-electron chi connectivity index (χ4n) is 2.65. The maximum absolute atomic E-state index is 12.7. The van der Waals surface area contributed by atoms with Crippen molar-refractivity contribution in [2.24, 2.45) is 11.1 Å². The molecule has 1 aliphatic rings. The Balaban J connectivity index is 2.45. The summed E-state index contributed by atoms with van der Waals surface area (Å²) in [6.07, 6.45) is 2.90. The van der Waals surface area contributed by atoms with Gasteiger partial charge in [-0.05, 0) is 43.9 Å². The van der Waals surface area contributed by atoms with Gasteiger partial charge in [0.2, 0.25) is 0 Å². The van der Waals surface area contributed by atoms with E-state index in [0.717, 1.165) is 30.4 Å². The highest BCUT2D eigenvalue weighted by atomic mass is 16.5. The number of nitrogens with two attached hydrogens (primary N) is 1. The van der Waals surface area contributed by atoms with Gasteiger partial charge in [-0.2, -0.15) is 0 Å². The normalized spacial score (nSPS) is 17.1. The smallest absolute Gasteiger partial charge is 0.173 e. The molecule has 2 rings (SSSR count). The summed E-state index contributed by atoms with van der Waals surface area (Å²) in [4.78, 5) is 12.7. The highest BCUT2D eigenvalue weighted by Gasteiger charge is 2.44. The number of aryl methyl sites for hydroxylation is 1. The lowest BCUT2D eigenvalue weighted by Crippen LogP contribution is -2.44. The van der Waals surface area contributed by atoms with Gasteiger partial charge in [0.25, 0.3) is 0 Å². The van der Waals surface area contributed by atoms with Crippen LogP contribution in [0.15, 0.2) is 12.1 Å². The Kier molecular flexibility index (Phi) is 3.44. The number of ether oxygens (including phenoxy) is 1. The summed E-state index contributed by atoms with van der Waals surface area (Å²) >= 11 is 0. The number of rotatable bonds is 4. The fraction of sp³-hybridized carbons (Fsp3) is 0.533. The lowest BCUT2D eigenvalue weighted by Gasteiger charge is -2.39. The number of ketones is 1. The summed E-state index contributed by atoms with van der Waals surface area (Å²) in [7, 11) is 1.62. The minimum absolute atomic E-state index is 0.149. The van der Waals surface area contributed by atoms with Gasteiger partial charge in [-0.3, -0.25) is 4.79 Å². The van der Waals surface area contributed by atoms with Crippen LogP contribution in [0.4, 0.5) is 0 Å². The average molecular weight is 247 g/mol. The van der Waals surface area contributed by atoms with Crippen LogP contribution < -0.4 is 10.5 Å². The molecular formula is C15H21NO2. The second-order valence-electron chi connectivity index (χ2n) is 5.26. The van der Waals surface area contributed by atoms with Gasteiger partial charge < -0.3 is 10.5 Å². The first kappa shape index (κ1) is 13.1. The molecule has 0 unspecified atom stereocenters. The van der Waals surface area contributed by atoms with E-state index in [4.69, 9.17) is 10.5 Å². The highest BCUT2D eigenvalue weighted by molar-refractivity contribution is 6.03. The molecule has 0 aromatic heterocycles. The van der Waals surface area contributed by atoms with Crippen LogP contribution in [-0.4, -0.2) is 19.4 Å². The Morgan fingerprint density at radius 1 is 1.39 bits per heavy atom. The van der Waals surface area contributed by atoms with Crippen molar-refractivity contribution >= 4 is 5.78 Å². The molecule has 0 radical (unpaired) electrons. The maximum atomic E-state index is 12.7. The van der Waals surface area contributed by atoms with Crippen LogP contribution in [0.1, 0.15) is 40.7 Å². The first-order chi connectivity index (χ1) is 8.55. The molecule has 0 atom stereocenters. The quantitative estimate of drug-likeness (QED) is 0.832. The zero-order valence-corrected chi connectivity index (χ0v) is 11.4. The van der Waals surface area contributed by atoms with Crippen LogP contribution in [0.3, 0.4) is 0 Å². The monoisotopic (exact) mass is 247 g/mol. The standard InChI is InChI=1S/C15H21NO2/c1-10-5-6-12(13(18-3)11(10)2)14(17)15(9-16)7-4-8-15/h5-6H,4,7-9,16H2,1-3H3. The number of benzene rings is 1. The predicted molar refractivity (Wildman–Crippen MR) is 72.1 cm³/mol. The molecule has 0 saturated heterocycles. The lowest BCUT2D eigenvalue weighted by atomic mass is 9.64. The molecule has 18 heavy (non-hydrogen) atoms. The van der Waals surface area contributed by atoms with Gasteiger partial charge in [0.15, 0.2) is 5.78 Å². The van der Waals surface area contributed by atoms with Gasteiger partial charge >= 0.3 is 0 Å². The maximum Gasteiger partial charge on any atom is 0.173 e. The number of hydrogen-bond donors (Lipinski definition) is 1. The second kappa shape index (κ2) is 4.73. The molecule has 1 aromatic carbocycles. The Bertz CT molecular complexity index is 470. The Hall–Kier alpha value is -1.35. The summed E-state index contributed by atoms with van der Waals surface area (Å²) in [5.41, 5.74) is 8.33. The fourth-order valence-corrected chi connectivity index (χ4v) is 2.65. The Morgan fingerprint density at radius 3 is 2.50 bits per heavy atom. The SMILES string of the molecule is COc1c(C(=O)C2(CN)CCC2)ccc(C)c1C. The molecule has 3 nitrogen and oxygen atoms in total. The van der Waals surface area contributed by atoms with Gasteiger partial charge in [0.05, 0.1) is 12.7 Å². The summed E-state index contributed by atoms with van der Waals surface area (Å²) < 4.78 is 5.42. The number of Topliss-reactive ketones (excluding diaryl/α,β-unsaturated/α-hetero) is 1. The van der Waals surface area contributed by atoms with E-state index in [-0.39, 0.29) is 11.2 Å². The molecule has 0 spiro atoms. The first-order valence-corrected chi connectivity index (χ1v) is 6.45. The molecule has 1 saturated carbocycles. The molecule has 0 amide bonds. The van der Waals surface area contributed by atoms with Crippen molar-refractivity contribution in [3.63, 3.8) is 0 Å². The second-order valence-corrected chi connectivity index (χ2v) is 5.26. The van der Waals surface area contributed by atoms with Gasteiger partial charge in [0.1, 0.15) is 5.75 Å². The van der Waals surface area contributed by atoms with E-state index in [2.05, 4.69) is 0 Å². The van der Waals surface area contributed by atoms with E-state index in [1.54, 1.807) is 7.11 Å². The third-order valence-corrected chi connectivity index (χ3v) is 4.31. The zero-order chi connectivity index (χ0) is 13.3. The number of methoxy groups -OCH3 is 1. The molecule has 1 fully saturated rings. The van der Waals surface area contributed by atoms with Gasteiger partial charge in [0, 0.05) is 12.0 Å². The molecule has 1 aromatic rings. The molecule has 1 aliphatic carbocycles. The molecule has 3 heteroatoms. The van der Waals surface area contributed by atoms with Crippen molar-refractivity contribution in [3.05, 3.63) is 28.8 Å². The van der Waals surface area contributed by atoms with Crippen LogP contribution in [0, 0.1) is 19.3 Å². The summed E-state index contributed by atoms with van der Waals surface area (Å²) in [6.45, 7) is 4.44. The van der Waals surface area contributed by atoms with Gasteiger partial charge in [-0.1, -0.05) is 12.5 Å². The largest absolute Gasteiger partial charge is 0.496 e. The molecular weight excluding hydrogens is 226 g/mol. The van der Waals surface area contributed by atoms with E-state index >= 15 is 0 Å². The van der Waals surface area contributed by atoms with Crippen LogP contribution in [0.25, 0.3) is 0 Å². The Labute approximate surface area is 108 Å². The third kappa shape index (κ3) is 1.83. The zero-order valence-electron chi connectivity index (χ0n) is 11.4. The van der Waals surface area contributed by atoms with Crippen molar-refractivity contribution in [2.45, 2.75) is 33.1 Å². The van der Waals surface area contributed by atoms with Crippen molar-refractivity contribution in [1.29, 1.82) is 0 Å². The van der Waals surface area contributed by atoms with Gasteiger partial charge in [-0.25, -0.2) is 0 Å². The molecule has 2 N–H and O–H groups in total. The van der Waals surface area contributed by atoms with Gasteiger partial charge in [-0.15, -0.1) is 0 Å². The van der Waals surface area contributed by atoms with Crippen LogP contribution in [0.5, 0.6) is 5.75 Å². The first-order valence-electron chi connectivity index (χ1n) is 6.45. The number of carbonyl (C=O) groups is 1. The minimum Gasteiger partial charge on any atom is -0.496 e. The van der Waals surface area contributed by atoms with Crippen molar-refractivity contribution in [3.8, 4) is 5.75 Å². The lowest BCUT2D eigenvalue weighted by molar-refractivity contribution is 0.0632. The number of hydrogen-bond acceptors (Lipinski definition) is 3. The van der Waals surface area contributed by atoms with E-state index in [9.17, 15) is 4.79 Å². The molecule has 0 bridgehead atoms. The third-order valence-electron chi connectivity index (χ3n) is 4.31. The summed E-state index contributed by atoms with van der Waals surface area (Å²) in [6, 6.07) is 3.85. The molecule has 0 heterocycles. The van der Waals surface area contributed by atoms with Crippen molar-refractivity contribution in [2.75, 3.05) is 13.7 Å². The highest BCUT2D eigenvalue weighted by Crippen LogP contribution is 2.44. The minimum atomic E-state index is -0.338. The van der Waals surface area contributed by atoms with E-state index in [1.165, 1.54) is 0 Å². The molecule has 0 aliphatic heterocycles. The summed E-state index contributed by atoms with van der Waals surface area (Å²) in [5, 5.41) is 0. The van der Waals surface area contributed by atoms with Crippen LogP contribution >= 0.6 is 0 Å². The number of carbonyl (C=O) groups excluding carboxylic acids is 1. The average Bonchev–Trinajstić information content (AvgIpc) is 2.31. The van der Waals surface area contributed by atoms with Crippen LogP contribution in [-0.2, 0) is 0 Å². The van der Waals surface area contributed by atoms with E-state index < -0.39 is 0 Å². The Morgan fingerprint density at radius 2 is 2.06 bits per heavy atom. The van der Waals surface area contributed by atoms with E-state index in [1.807, 2.05) is 26.0 Å².